The zero-order chi connectivity index (χ0) is 17.0. The van der Waals surface area contributed by atoms with E-state index in [0.717, 1.165) is 12.8 Å². The Bertz CT molecular complexity index is 481. The van der Waals surface area contributed by atoms with Crippen LogP contribution in [0.15, 0.2) is 0 Å². The van der Waals surface area contributed by atoms with E-state index in [0.29, 0.717) is 6.42 Å². The van der Waals surface area contributed by atoms with Gasteiger partial charge in [0.1, 0.15) is 30.2 Å². The van der Waals surface area contributed by atoms with Gasteiger partial charge in [0, 0.05) is 17.3 Å². The first-order valence-corrected chi connectivity index (χ1v) is 8.20. The van der Waals surface area contributed by atoms with Crippen molar-refractivity contribution >= 4 is 5.78 Å². The number of aliphatic hydroxyl groups excluding tert-OH is 4. The first kappa shape index (κ1) is 17.3. The van der Waals surface area contributed by atoms with Gasteiger partial charge >= 0.3 is 0 Å². The molecule has 7 heteroatoms. The van der Waals surface area contributed by atoms with Gasteiger partial charge in [-0.05, 0) is 18.8 Å². The van der Waals surface area contributed by atoms with Gasteiger partial charge in [0.15, 0.2) is 6.29 Å². The highest BCUT2D eigenvalue weighted by atomic mass is 16.7. The van der Waals surface area contributed by atoms with Crippen molar-refractivity contribution in [2.75, 3.05) is 13.2 Å². The largest absolute Gasteiger partial charge is 0.394 e. The molecule has 0 aromatic heterocycles. The van der Waals surface area contributed by atoms with Gasteiger partial charge in [0.25, 0.3) is 0 Å². The molecular weight excluding hydrogens is 304 g/mol. The number of aliphatic hydroxyl groups is 4. The van der Waals surface area contributed by atoms with Crippen molar-refractivity contribution in [3.05, 3.63) is 0 Å². The molecular formula is C16H26O7. The molecule has 1 saturated heterocycles. The molecule has 1 heterocycles. The van der Waals surface area contributed by atoms with E-state index in [1.54, 1.807) is 0 Å². The maximum absolute atomic E-state index is 12.2. The average Bonchev–Trinajstić information content (AvgIpc) is 2.87. The lowest BCUT2D eigenvalue weighted by atomic mass is 9.69. The maximum atomic E-state index is 12.2. The van der Waals surface area contributed by atoms with E-state index in [9.17, 15) is 25.2 Å². The van der Waals surface area contributed by atoms with Crippen molar-refractivity contribution in [1.82, 2.24) is 0 Å². The molecule has 3 rings (SSSR count). The van der Waals surface area contributed by atoms with Crippen molar-refractivity contribution < 1.29 is 34.7 Å². The Morgan fingerprint density at radius 1 is 1.22 bits per heavy atom. The molecule has 1 aliphatic heterocycles. The van der Waals surface area contributed by atoms with E-state index in [-0.39, 0.29) is 23.7 Å². The summed E-state index contributed by atoms with van der Waals surface area (Å²) in [5.41, 5.74) is -0.755. The zero-order valence-electron chi connectivity index (χ0n) is 13.5. The SMILES string of the molecule is CC12CCC(CC1=O)C2(C)CO[C@@H]1O[C@H](CO)[C@@H](O)[C@H](O)[C@H]1O. The highest BCUT2D eigenvalue weighted by Crippen LogP contribution is 2.64. The lowest BCUT2D eigenvalue weighted by Gasteiger charge is -2.42. The van der Waals surface area contributed by atoms with Crippen LogP contribution >= 0.6 is 0 Å². The monoisotopic (exact) mass is 330 g/mol. The second kappa shape index (κ2) is 5.75. The summed E-state index contributed by atoms with van der Waals surface area (Å²) in [6, 6.07) is 0. The summed E-state index contributed by atoms with van der Waals surface area (Å²) >= 11 is 0. The smallest absolute Gasteiger partial charge is 0.186 e. The standard InChI is InChI=1S/C16H26O7/c1-15-4-3-8(5-10(15)18)16(15,2)7-22-14-13(21)12(20)11(19)9(6-17)23-14/h8-9,11-14,17,19-21H,3-7H2,1-2H3/t8?,9-,11-,12+,13-,14-,15?,16?/m1/s1. The number of fused-ring (bicyclic) bond motifs is 2. The van der Waals surface area contributed by atoms with Crippen molar-refractivity contribution in [2.45, 2.75) is 63.8 Å². The Morgan fingerprint density at radius 2 is 1.91 bits per heavy atom. The third-order valence-corrected chi connectivity index (χ3v) is 6.60. The Labute approximate surface area is 135 Å². The van der Waals surface area contributed by atoms with Crippen LogP contribution in [0, 0.1) is 16.7 Å². The number of hydrogen-bond acceptors (Lipinski definition) is 7. The summed E-state index contributed by atoms with van der Waals surface area (Å²) in [5, 5.41) is 38.8. The minimum atomic E-state index is -1.45. The minimum Gasteiger partial charge on any atom is -0.394 e. The van der Waals surface area contributed by atoms with Crippen LogP contribution in [0.1, 0.15) is 33.1 Å². The number of carbonyl (C=O) groups is 1. The Hall–Kier alpha value is -0.570. The van der Waals surface area contributed by atoms with Gasteiger partial charge in [-0.3, -0.25) is 4.79 Å². The molecule has 3 aliphatic rings. The second-order valence-electron chi connectivity index (χ2n) is 7.62. The molecule has 3 fully saturated rings. The van der Waals surface area contributed by atoms with Gasteiger partial charge in [0.2, 0.25) is 0 Å². The van der Waals surface area contributed by atoms with Gasteiger partial charge in [-0.15, -0.1) is 0 Å². The second-order valence-corrected chi connectivity index (χ2v) is 7.62. The quantitative estimate of drug-likeness (QED) is 0.533. The zero-order valence-corrected chi connectivity index (χ0v) is 13.5. The number of carbonyl (C=O) groups excluding carboxylic acids is 1. The van der Waals surface area contributed by atoms with Crippen LogP contribution in [-0.4, -0.2) is 70.1 Å². The van der Waals surface area contributed by atoms with Gasteiger partial charge in [-0.1, -0.05) is 13.8 Å². The molecule has 4 N–H and O–H groups in total. The van der Waals surface area contributed by atoms with Gasteiger partial charge < -0.3 is 29.9 Å². The summed E-state index contributed by atoms with van der Waals surface area (Å²) in [4.78, 5) is 12.2. The summed E-state index contributed by atoms with van der Waals surface area (Å²) in [7, 11) is 0. The van der Waals surface area contributed by atoms with Crippen LogP contribution in [0.5, 0.6) is 0 Å². The normalized spacial score (nSPS) is 53.0. The predicted molar refractivity (Wildman–Crippen MR) is 78.3 cm³/mol. The number of ether oxygens (including phenoxy) is 2. The van der Waals surface area contributed by atoms with E-state index in [1.165, 1.54) is 0 Å². The molecule has 3 unspecified atom stereocenters. The Balaban J connectivity index is 1.70. The number of rotatable bonds is 4. The molecule has 0 amide bonds. The molecule has 0 aromatic rings. The van der Waals surface area contributed by atoms with Crippen molar-refractivity contribution in [3.8, 4) is 0 Å². The molecule has 8 atom stereocenters. The van der Waals surface area contributed by atoms with E-state index >= 15 is 0 Å². The van der Waals surface area contributed by atoms with Crippen LogP contribution < -0.4 is 0 Å². The lowest BCUT2D eigenvalue weighted by molar-refractivity contribution is -0.307. The van der Waals surface area contributed by atoms with Gasteiger partial charge in [-0.25, -0.2) is 0 Å². The first-order chi connectivity index (χ1) is 10.7. The number of ketones is 1. The summed E-state index contributed by atoms with van der Waals surface area (Å²) < 4.78 is 11.1. The maximum Gasteiger partial charge on any atom is 0.186 e. The van der Waals surface area contributed by atoms with E-state index in [4.69, 9.17) is 9.47 Å². The summed E-state index contributed by atoms with van der Waals surface area (Å²) in [6.07, 6.45) is -3.99. The molecule has 2 bridgehead atoms. The summed E-state index contributed by atoms with van der Waals surface area (Å²) in [5.74, 6) is 0.513. The highest BCUT2D eigenvalue weighted by molar-refractivity contribution is 5.89. The van der Waals surface area contributed by atoms with Crippen LogP contribution in [0.3, 0.4) is 0 Å². The minimum absolute atomic E-state index is 0.225. The van der Waals surface area contributed by atoms with Crippen LogP contribution in [0.2, 0.25) is 0 Å². The molecule has 0 spiro atoms. The van der Waals surface area contributed by atoms with Crippen LogP contribution in [0.4, 0.5) is 0 Å². The highest BCUT2D eigenvalue weighted by Gasteiger charge is 2.64. The van der Waals surface area contributed by atoms with Crippen LogP contribution in [-0.2, 0) is 14.3 Å². The Morgan fingerprint density at radius 3 is 2.43 bits per heavy atom. The Kier molecular flexibility index (Phi) is 4.32. The fourth-order valence-electron chi connectivity index (χ4n) is 4.49. The van der Waals surface area contributed by atoms with E-state index in [2.05, 4.69) is 0 Å². The topological polar surface area (TPSA) is 116 Å². The molecule has 7 nitrogen and oxygen atoms in total. The molecule has 2 saturated carbocycles. The van der Waals surface area contributed by atoms with Gasteiger partial charge in [0.05, 0.1) is 13.2 Å². The number of Topliss-reactive ketones (excluding diaryl/α,β-unsaturated/α-hetero) is 1. The molecule has 0 aromatic carbocycles. The van der Waals surface area contributed by atoms with Crippen LogP contribution in [0.25, 0.3) is 0 Å². The molecule has 23 heavy (non-hydrogen) atoms. The van der Waals surface area contributed by atoms with Crippen molar-refractivity contribution in [3.63, 3.8) is 0 Å². The van der Waals surface area contributed by atoms with E-state index in [1.807, 2.05) is 13.8 Å². The molecule has 0 radical (unpaired) electrons. The average molecular weight is 330 g/mol. The molecule has 132 valence electrons. The van der Waals surface area contributed by atoms with Crippen molar-refractivity contribution in [1.29, 1.82) is 0 Å². The summed E-state index contributed by atoms with van der Waals surface area (Å²) in [6.45, 7) is 3.74. The fraction of sp³-hybridized carbons (Fsp3) is 0.938. The lowest BCUT2D eigenvalue weighted by Crippen LogP contribution is -2.59. The molecule has 2 aliphatic carbocycles. The first-order valence-electron chi connectivity index (χ1n) is 8.20. The predicted octanol–water partition coefficient (Wildman–Crippen LogP) is -0.802. The third-order valence-electron chi connectivity index (χ3n) is 6.60. The van der Waals surface area contributed by atoms with E-state index < -0.39 is 42.7 Å². The number of hydrogen-bond donors (Lipinski definition) is 4. The van der Waals surface area contributed by atoms with Gasteiger partial charge in [-0.2, -0.15) is 0 Å². The third kappa shape index (κ3) is 2.37. The van der Waals surface area contributed by atoms with Crippen molar-refractivity contribution in [2.24, 2.45) is 16.7 Å². The fourth-order valence-corrected chi connectivity index (χ4v) is 4.49.